The van der Waals surface area contributed by atoms with Gasteiger partial charge < -0.3 is 11.1 Å². The SMILES string of the molecule is Cc1cnc(CN2CCNC(=O)CC2)c(C)c1N. The molecule has 1 amide bonds. The summed E-state index contributed by atoms with van der Waals surface area (Å²) >= 11 is 0. The van der Waals surface area contributed by atoms with Crippen LogP contribution in [0.2, 0.25) is 0 Å². The summed E-state index contributed by atoms with van der Waals surface area (Å²) in [7, 11) is 0. The molecule has 2 heterocycles. The van der Waals surface area contributed by atoms with Crippen LogP contribution in [-0.2, 0) is 11.3 Å². The van der Waals surface area contributed by atoms with Gasteiger partial charge in [-0.15, -0.1) is 0 Å². The Balaban J connectivity index is 2.09. The third kappa shape index (κ3) is 2.79. The molecular weight excluding hydrogens is 228 g/mol. The van der Waals surface area contributed by atoms with Crippen LogP contribution in [0.5, 0.6) is 0 Å². The lowest BCUT2D eigenvalue weighted by molar-refractivity contribution is -0.120. The van der Waals surface area contributed by atoms with Gasteiger partial charge in [0.15, 0.2) is 0 Å². The van der Waals surface area contributed by atoms with Crippen molar-refractivity contribution >= 4 is 11.6 Å². The van der Waals surface area contributed by atoms with E-state index in [0.29, 0.717) is 13.0 Å². The van der Waals surface area contributed by atoms with E-state index in [4.69, 9.17) is 5.73 Å². The monoisotopic (exact) mass is 248 g/mol. The first-order valence-electron chi connectivity index (χ1n) is 6.27. The summed E-state index contributed by atoms with van der Waals surface area (Å²) in [6, 6.07) is 0. The summed E-state index contributed by atoms with van der Waals surface area (Å²) in [6.07, 6.45) is 2.37. The van der Waals surface area contributed by atoms with Gasteiger partial charge >= 0.3 is 0 Å². The molecule has 98 valence electrons. The summed E-state index contributed by atoms with van der Waals surface area (Å²) in [4.78, 5) is 18.0. The van der Waals surface area contributed by atoms with Crippen molar-refractivity contribution in [3.05, 3.63) is 23.0 Å². The molecule has 0 bridgehead atoms. The number of nitrogens with two attached hydrogens (primary N) is 1. The molecule has 5 heteroatoms. The molecule has 1 aliphatic rings. The Hall–Kier alpha value is -1.62. The van der Waals surface area contributed by atoms with Crippen molar-refractivity contribution in [2.24, 2.45) is 0 Å². The number of anilines is 1. The summed E-state index contributed by atoms with van der Waals surface area (Å²) in [5.41, 5.74) is 9.92. The molecule has 1 aromatic rings. The van der Waals surface area contributed by atoms with E-state index in [1.165, 1.54) is 0 Å². The quantitative estimate of drug-likeness (QED) is 0.804. The second-order valence-corrected chi connectivity index (χ2v) is 4.80. The van der Waals surface area contributed by atoms with E-state index in [1.54, 1.807) is 0 Å². The van der Waals surface area contributed by atoms with Crippen LogP contribution in [-0.4, -0.2) is 35.4 Å². The van der Waals surface area contributed by atoms with Gasteiger partial charge in [-0.1, -0.05) is 0 Å². The molecule has 0 saturated carbocycles. The van der Waals surface area contributed by atoms with Gasteiger partial charge in [0.2, 0.25) is 5.91 Å². The number of aryl methyl sites for hydroxylation is 1. The van der Waals surface area contributed by atoms with Crippen molar-refractivity contribution in [2.75, 3.05) is 25.4 Å². The summed E-state index contributed by atoms with van der Waals surface area (Å²) in [5.74, 6) is 0.130. The van der Waals surface area contributed by atoms with Crippen molar-refractivity contribution in [3.8, 4) is 0 Å². The molecule has 1 aliphatic heterocycles. The molecule has 5 nitrogen and oxygen atoms in total. The lowest BCUT2D eigenvalue weighted by Crippen LogP contribution is -2.28. The molecule has 2 rings (SSSR count). The fourth-order valence-electron chi connectivity index (χ4n) is 2.13. The summed E-state index contributed by atoms with van der Waals surface area (Å²) in [5, 5.41) is 2.87. The van der Waals surface area contributed by atoms with Crippen LogP contribution in [0.1, 0.15) is 23.2 Å². The first-order chi connectivity index (χ1) is 8.58. The fraction of sp³-hybridized carbons (Fsp3) is 0.538. The minimum atomic E-state index is 0.130. The number of hydrogen-bond acceptors (Lipinski definition) is 4. The lowest BCUT2D eigenvalue weighted by atomic mass is 10.1. The van der Waals surface area contributed by atoms with Gasteiger partial charge in [0.1, 0.15) is 0 Å². The highest BCUT2D eigenvalue weighted by atomic mass is 16.1. The Bertz CT molecular complexity index is 459. The normalized spacial score (nSPS) is 17.3. The second-order valence-electron chi connectivity index (χ2n) is 4.80. The molecule has 0 radical (unpaired) electrons. The van der Waals surface area contributed by atoms with Gasteiger partial charge in [0.05, 0.1) is 5.69 Å². The van der Waals surface area contributed by atoms with Crippen LogP contribution in [0.3, 0.4) is 0 Å². The van der Waals surface area contributed by atoms with E-state index in [1.807, 2.05) is 20.0 Å². The highest BCUT2D eigenvalue weighted by Gasteiger charge is 2.15. The van der Waals surface area contributed by atoms with E-state index in [9.17, 15) is 4.79 Å². The topological polar surface area (TPSA) is 71.2 Å². The largest absolute Gasteiger partial charge is 0.398 e. The predicted octanol–water partition coefficient (Wildman–Crippen LogP) is 0.603. The summed E-state index contributed by atoms with van der Waals surface area (Å²) < 4.78 is 0. The van der Waals surface area contributed by atoms with Gasteiger partial charge in [-0.05, 0) is 25.0 Å². The highest BCUT2D eigenvalue weighted by Crippen LogP contribution is 2.19. The number of rotatable bonds is 2. The third-order valence-corrected chi connectivity index (χ3v) is 3.45. The number of nitrogens with zero attached hydrogens (tertiary/aromatic N) is 2. The van der Waals surface area contributed by atoms with Crippen molar-refractivity contribution in [3.63, 3.8) is 0 Å². The van der Waals surface area contributed by atoms with Gasteiger partial charge in [-0.25, -0.2) is 0 Å². The van der Waals surface area contributed by atoms with E-state index < -0.39 is 0 Å². The van der Waals surface area contributed by atoms with Crippen LogP contribution in [0.4, 0.5) is 5.69 Å². The predicted molar refractivity (Wildman–Crippen MR) is 71.0 cm³/mol. The Labute approximate surface area is 107 Å². The molecule has 1 saturated heterocycles. The van der Waals surface area contributed by atoms with Crippen LogP contribution >= 0.6 is 0 Å². The van der Waals surface area contributed by atoms with Gasteiger partial charge in [0, 0.05) is 44.5 Å². The molecule has 0 atom stereocenters. The number of carbonyl (C=O) groups excluding carboxylic acids is 1. The zero-order valence-corrected chi connectivity index (χ0v) is 11.0. The average molecular weight is 248 g/mol. The van der Waals surface area contributed by atoms with Crippen LogP contribution < -0.4 is 11.1 Å². The number of nitrogen functional groups attached to an aromatic ring is 1. The second kappa shape index (κ2) is 5.35. The van der Waals surface area contributed by atoms with Gasteiger partial charge in [-0.3, -0.25) is 14.7 Å². The standard InChI is InChI=1S/C13H20N4O/c1-9-7-16-11(10(2)13(9)14)8-17-5-3-12(18)15-4-6-17/h7H,3-6,8H2,1-2H3,(H2,14,16)(H,15,18). The van der Waals surface area contributed by atoms with Crippen molar-refractivity contribution in [1.29, 1.82) is 0 Å². The molecule has 18 heavy (non-hydrogen) atoms. The Kier molecular flexibility index (Phi) is 3.81. The number of hydrogen-bond donors (Lipinski definition) is 2. The van der Waals surface area contributed by atoms with Crippen LogP contribution in [0.15, 0.2) is 6.20 Å². The van der Waals surface area contributed by atoms with E-state index in [2.05, 4.69) is 15.2 Å². The smallest absolute Gasteiger partial charge is 0.221 e. The van der Waals surface area contributed by atoms with Crippen molar-refractivity contribution in [1.82, 2.24) is 15.2 Å². The highest BCUT2D eigenvalue weighted by molar-refractivity contribution is 5.76. The maximum atomic E-state index is 11.3. The van der Waals surface area contributed by atoms with Gasteiger partial charge in [-0.2, -0.15) is 0 Å². The molecule has 1 fully saturated rings. The number of nitrogens with one attached hydrogen (secondary N) is 1. The van der Waals surface area contributed by atoms with E-state index in [0.717, 1.165) is 42.1 Å². The van der Waals surface area contributed by atoms with Crippen LogP contribution in [0, 0.1) is 13.8 Å². The van der Waals surface area contributed by atoms with Gasteiger partial charge in [0.25, 0.3) is 0 Å². The lowest BCUT2D eigenvalue weighted by Gasteiger charge is -2.20. The zero-order chi connectivity index (χ0) is 13.1. The Morgan fingerprint density at radius 3 is 3.00 bits per heavy atom. The Morgan fingerprint density at radius 2 is 2.22 bits per heavy atom. The number of pyridine rings is 1. The fourth-order valence-corrected chi connectivity index (χ4v) is 2.13. The maximum Gasteiger partial charge on any atom is 0.221 e. The molecular formula is C13H20N4O. The third-order valence-electron chi connectivity index (χ3n) is 3.45. The average Bonchev–Trinajstić information content (AvgIpc) is 2.55. The minimum absolute atomic E-state index is 0.130. The first-order valence-corrected chi connectivity index (χ1v) is 6.27. The molecule has 3 N–H and O–H groups in total. The molecule has 0 aromatic carbocycles. The molecule has 0 unspecified atom stereocenters. The Morgan fingerprint density at radius 1 is 1.44 bits per heavy atom. The van der Waals surface area contributed by atoms with Crippen molar-refractivity contribution in [2.45, 2.75) is 26.8 Å². The maximum absolute atomic E-state index is 11.3. The van der Waals surface area contributed by atoms with E-state index in [-0.39, 0.29) is 5.91 Å². The molecule has 0 spiro atoms. The first kappa shape index (κ1) is 12.8. The minimum Gasteiger partial charge on any atom is -0.398 e. The number of amides is 1. The van der Waals surface area contributed by atoms with Crippen molar-refractivity contribution < 1.29 is 4.79 Å². The number of carbonyl (C=O) groups is 1. The summed E-state index contributed by atoms with van der Waals surface area (Å²) in [6.45, 7) is 7.07. The molecule has 1 aromatic heterocycles. The zero-order valence-electron chi connectivity index (χ0n) is 11.0. The van der Waals surface area contributed by atoms with E-state index >= 15 is 0 Å². The molecule has 0 aliphatic carbocycles. The number of aromatic nitrogens is 1. The van der Waals surface area contributed by atoms with Crippen LogP contribution in [0.25, 0.3) is 0 Å².